The molecule has 0 saturated carbocycles. The van der Waals surface area contributed by atoms with Gasteiger partial charge in [-0.05, 0) is 23.3 Å². The molecule has 0 heterocycles. The van der Waals surface area contributed by atoms with E-state index in [0.717, 1.165) is 11.1 Å². The molecule has 20 heavy (non-hydrogen) atoms. The predicted molar refractivity (Wildman–Crippen MR) is 76.5 cm³/mol. The highest BCUT2D eigenvalue weighted by Crippen LogP contribution is 2.19. The third-order valence-electron chi connectivity index (χ3n) is 2.82. The molecule has 0 bridgehead atoms. The third kappa shape index (κ3) is 3.43. The summed E-state index contributed by atoms with van der Waals surface area (Å²) in [4.78, 5) is 22.7. The summed E-state index contributed by atoms with van der Waals surface area (Å²) in [5.41, 5.74) is 4.56. The molecule has 2 rings (SSSR count). The molecule has 0 fully saturated rings. The van der Waals surface area contributed by atoms with E-state index < -0.39 is 5.91 Å². The van der Waals surface area contributed by atoms with E-state index in [-0.39, 0.29) is 12.5 Å². The first kappa shape index (κ1) is 13.8. The molecule has 0 spiro atoms. The SMILES string of the molecule is NNC(=O)CNC(=O)c1ccc(-c2ccccc2)cc1. The molecule has 0 atom stereocenters. The second-order valence-electron chi connectivity index (χ2n) is 4.19. The van der Waals surface area contributed by atoms with Crippen molar-refractivity contribution in [3.05, 3.63) is 60.2 Å². The molecule has 0 aliphatic carbocycles. The van der Waals surface area contributed by atoms with Crippen molar-refractivity contribution < 1.29 is 9.59 Å². The van der Waals surface area contributed by atoms with Crippen molar-refractivity contribution in [1.82, 2.24) is 10.7 Å². The number of hydrogen-bond donors (Lipinski definition) is 3. The van der Waals surface area contributed by atoms with Crippen LogP contribution in [-0.2, 0) is 4.79 Å². The molecule has 0 unspecified atom stereocenters. The first-order valence-corrected chi connectivity index (χ1v) is 6.14. The zero-order chi connectivity index (χ0) is 14.4. The van der Waals surface area contributed by atoms with Gasteiger partial charge in [0.05, 0.1) is 6.54 Å². The number of hydrogen-bond acceptors (Lipinski definition) is 3. The summed E-state index contributed by atoms with van der Waals surface area (Å²) in [5, 5.41) is 2.48. The molecular formula is C15H15N3O2. The predicted octanol–water partition coefficient (Wildman–Crippen LogP) is 1.07. The number of rotatable bonds is 4. The Bertz CT molecular complexity index is 594. The van der Waals surface area contributed by atoms with Crippen molar-refractivity contribution in [2.45, 2.75) is 0 Å². The summed E-state index contributed by atoms with van der Waals surface area (Å²) >= 11 is 0. The van der Waals surface area contributed by atoms with Gasteiger partial charge in [0.25, 0.3) is 11.8 Å². The van der Waals surface area contributed by atoms with Gasteiger partial charge in [-0.1, -0.05) is 42.5 Å². The Morgan fingerprint density at radius 3 is 2.10 bits per heavy atom. The van der Waals surface area contributed by atoms with E-state index in [0.29, 0.717) is 5.56 Å². The molecule has 5 nitrogen and oxygen atoms in total. The Hall–Kier alpha value is -2.66. The second-order valence-corrected chi connectivity index (χ2v) is 4.19. The van der Waals surface area contributed by atoms with E-state index in [9.17, 15) is 9.59 Å². The van der Waals surface area contributed by atoms with Gasteiger partial charge in [0.15, 0.2) is 0 Å². The van der Waals surface area contributed by atoms with Crippen molar-refractivity contribution in [3.63, 3.8) is 0 Å². The smallest absolute Gasteiger partial charge is 0.253 e. The molecule has 2 amide bonds. The van der Waals surface area contributed by atoms with Crippen LogP contribution in [0.3, 0.4) is 0 Å². The quantitative estimate of drug-likeness (QED) is 0.441. The fourth-order valence-electron chi connectivity index (χ4n) is 1.76. The highest BCUT2D eigenvalue weighted by Gasteiger charge is 2.07. The minimum absolute atomic E-state index is 0.143. The van der Waals surface area contributed by atoms with Gasteiger partial charge in [-0.25, -0.2) is 5.84 Å². The summed E-state index contributed by atoms with van der Waals surface area (Å²) in [6.07, 6.45) is 0. The standard InChI is InChI=1S/C15H15N3O2/c16-18-14(19)10-17-15(20)13-8-6-12(7-9-13)11-4-2-1-3-5-11/h1-9H,10,16H2,(H,17,20)(H,18,19). The van der Waals surface area contributed by atoms with Crippen molar-refractivity contribution in [3.8, 4) is 11.1 Å². The van der Waals surface area contributed by atoms with Crippen molar-refractivity contribution in [2.75, 3.05) is 6.54 Å². The van der Waals surface area contributed by atoms with Crippen LogP contribution in [-0.4, -0.2) is 18.4 Å². The third-order valence-corrected chi connectivity index (χ3v) is 2.82. The number of benzene rings is 2. The summed E-state index contributed by atoms with van der Waals surface area (Å²) in [6, 6.07) is 17.1. The Balaban J connectivity index is 2.05. The van der Waals surface area contributed by atoms with Crippen LogP contribution in [0, 0.1) is 0 Å². The Morgan fingerprint density at radius 1 is 0.900 bits per heavy atom. The first-order chi connectivity index (χ1) is 9.70. The molecule has 0 aliphatic heterocycles. The van der Waals surface area contributed by atoms with Crippen molar-refractivity contribution in [1.29, 1.82) is 0 Å². The van der Waals surface area contributed by atoms with Crippen LogP contribution in [0.5, 0.6) is 0 Å². The Labute approximate surface area is 116 Å². The monoisotopic (exact) mass is 269 g/mol. The number of nitrogens with one attached hydrogen (secondary N) is 2. The molecule has 0 aromatic heterocycles. The molecular weight excluding hydrogens is 254 g/mol. The van der Waals surface area contributed by atoms with Crippen LogP contribution in [0.1, 0.15) is 10.4 Å². The second kappa shape index (κ2) is 6.49. The topological polar surface area (TPSA) is 84.2 Å². The van der Waals surface area contributed by atoms with Crippen molar-refractivity contribution >= 4 is 11.8 Å². The largest absolute Gasteiger partial charge is 0.343 e. The van der Waals surface area contributed by atoms with E-state index in [2.05, 4.69) is 5.32 Å². The minimum Gasteiger partial charge on any atom is -0.343 e. The van der Waals surface area contributed by atoms with Crippen LogP contribution in [0.15, 0.2) is 54.6 Å². The van der Waals surface area contributed by atoms with Gasteiger partial charge in [0.2, 0.25) is 0 Å². The molecule has 2 aromatic carbocycles. The molecule has 0 aliphatic rings. The van der Waals surface area contributed by atoms with Gasteiger partial charge < -0.3 is 5.32 Å². The Kier molecular flexibility index (Phi) is 4.47. The number of hydrazine groups is 1. The van der Waals surface area contributed by atoms with Gasteiger partial charge in [0.1, 0.15) is 0 Å². The van der Waals surface area contributed by atoms with Crippen LogP contribution in [0.25, 0.3) is 11.1 Å². The lowest BCUT2D eigenvalue weighted by Crippen LogP contribution is -2.40. The average molecular weight is 269 g/mol. The van der Waals surface area contributed by atoms with Gasteiger partial charge in [-0.15, -0.1) is 0 Å². The summed E-state index contributed by atoms with van der Waals surface area (Å²) < 4.78 is 0. The first-order valence-electron chi connectivity index (χ1n) is 6.14. The maximum Gasteiger partial charge on any atom is 0.253 e. The molecule has 5 heteroatoms. The lowest BCUT2D eigenvalue weighted by atomic mass is 10.0. The number of nitrogens with two attached hydrogens (primary N) is 1. The lowest BCUT2D eigenvalue weighted by molar-refractivity contribution is -0.120. The highest BCUT2D eigenvalue weighted by molar-refractivity contribution is 5.96. The fourth-order valence-corrected chi connectivity index (χ4v) is 1.76. The fraction of sp³-hybridized carbons (Fsp3) is 0.0667. The summed E-state index contributed by atoms with van der Waals surface area (Å²) in [6.45, 7) is -0.143. The maximum absolute atomic E-state index is 11.8. The maximum atomic E-state index is 11.8. The van der Waals surface area contributed by atoms with Gasteiger partial charge in [0, 0.05) is 5.56 Å². The molecule has 0 radical (unpaired) electrons. The normalized spacial score (nSPS) is 9.85. The molecule has 0 saturated heterocycles. The van der Waals surface area contributed by atoms with E-state index >= 15 is 0 Å². The number of amides is 2. The van der Waals surface area contributed by atoms with E-state index in [1.54, 1.807) is 12.1 Å². The van der Waals surface area contributed by atoms with Crippen LogP contribution in [0.2, 0.25) is 0 Å². The summed E-state index contributed by atoms with van der Waals surface area (Å²) in [5.74, 6) is 4.17. The van der Waals surface area contributed by atoms with Crippen LogP contribution >= 0.6 is 0 Å². The highest BCUT2D eigenvalue weighted by atomic mass is 16.2. The molecule has 102 valence electrons. The average Bonchev–Trinajstić information content (AvgIpc) is 2.53. The molecule has 4 N–H and O–H groups in total. The molecule has 2 aromatic rings. The van der Waals surface area contributed by atoms with Crippen LogP contribution < -0.4 is 16.6 Å². The number of carbonyl (C=O) groups is 2. The zero-order valence-electron chi connectivity index (χ0n) is 10.8. The lowest BCUT2D eigenvalue weighted by Gasteiger charge is -2.06. The van der Waals surface area contributed by atoms with E-state index in [4.69, 9.17) is 5.84 Å². The van der Waals surface area contributed by atoms with Gasteiger partial charge in [-0.3, -0.25) is 15.0 Å². The Morgan fingerprint density at radius 2 is 1.50 bits per heavy atom. The van der Waals surface area contributed by atoms with Gasteiger partial charge in [-0.2, -0.15) is 0 Å². The summed E-state index contributed by atoms with van der Waals surface area (Å²) in [7, 11) is 0. The van der Waals surface area contributed by atoms with Gasteiger partial charge >= 0.3 is 0 Å². The zero-order valence-corrected chi connectivity index (χ0v) is 10.8. The van der Waals surface area contributed by atoms with Crippen molar-refractivity contribution in [2.24, 2.45) is 5.84 Å². The number of carbonyl (C=O) groups excluding carboxylic acids is 2. The minimum atomic E-state index is -0.445. The van der Waals surface area contributed by atoms with E-state index in [1.165, 1.54) is 0 Å². The van der Waals surface area contributed by atoms with E-state index in [1.807, 2.05) is 47.9 Å². The van der Waals surface area contributed by atoms with Crippen LogP contribution in [0.4, 0.5) is 0 Å².